The fraction of sp³-hybridized carbons (Fsp3) is 0.417. The summed E-state index contributed by atoms with van der Waals surface area (Å²) in [6.07, 6.45) is 2.70. The first-order valence-electron chi connectivity index (χ1n) is 7.78. The Labute approximate surface area is 180 Å². The molecule has 0 spiro atoms. The van der Waals surface area contributed by atoms with Crippen molar-refractivity contribution < 1.29 is 61.6 Å². The van der Waals surface area contributed by atoms with Gasteiger partial charge in [0.1, 0.15) is 18.0 Å². The number of rotatable bonds is 8. The largest absolute Gasteiger partial charge is 0.488 e. The molecule has 2 unspecified atom stereocenters. The lowest BCUT2D eigenvalue weighted by atomic mass is 9.94. The first-order valence-corrected chi connectivity index (χ1v) is 13.4. The van der Waals surface area contributed by atoms with Crippen LogP contribution in [0.4, 0.5) is 0 Å². The van der Waals surface area contributed by atoms with Gasteiger partial charge in [0.25, 0.3) is 5.91 Å². The van der Waals surface area contributed by atoms with Crippen LogP contribution < -0.4 is 5.32 Å². The summed E-state index contributed by atoms with van der Waals surface area (Å²) in [4.78, 5) is 48.7. The van der Waals surface area contributed by atoms with Gasteiger partial charge in [-0.05, 0) is 11.8 Å². The molecule has 0 saturated carbocycles. The van der Waals surface area contributed by atoms with E-state index >= 15 is 0 Å². The normalized spacial score (nSPS) is 32.8. The molecule has 7 N–H and O–H groups in total. The zero-order valence-electron chi connectivity index (χ0n) is 15.1. The van der Waals surface area contributed by atoms with E-state index in [1.54, 1.807) is 0 Å². The molecule has 0 aliphatic carbocycles. The second-order valence-corrected chi connectivity index (χ2v) is 11.8. The third-order valence-corrected chi connectivity index (χ3v) is 8.47. The SMILES string of the molecule is C#C[C@]1(O)[C@@H](O)[C@@H](COP(O)(=S)OP(=O)(O)OP(=O)(O)O)O[C@H]1N1C=CC(=O)NC1=C. The summed E-state index contributed by atoms with van der Waals surface area (Å²) in [5, 5.41) is 23.4. The molecule has 31 heavy (non-hydrogen) atoms. The van der Waals surface area contributed by atoms with E-state index < -0.39 is 58.9 Å². The zero-order chi connectivity index (χ0) is 23.8. The third-order valence-electron chi connectivity index (χ3n) is 3.75. The van der Waals surface area contributed by atoms with Gasteiger partial charge in [-0.3, -0.25) is 4.79 Å². The number of amides is 1. The van der Waals surface area contributed by atoms with Crippen molar-refractivity contribution in [2.45, 2.75) is 24.0 Å². The Morgan fingerprint density at radius 3 is 2.48 bits per heavy atom. The van der Waals surface area contributed by atoms with Crippen molar-refractivity contribution in [2.24, 2.45) is 0 Å². The topological polar surface area (TPSA) is 225 Å². The maximum atomic E-state index is 11.5. The van der Waals surface area contributed by atoms with Crippen LogP contribution in [0.15, 0.2) is 24.7 Å². The Morgan fingerprint density at radius 1 is 1.35 bits per heavy atom. The van der Waals surface area contributed by atoms with Crippen LogP contribution in [0.3, 0.4) is 0 Å². The molecular formula is C12H17N2O13P3S. The summed E-state index contributed by atoms with van der Waals surface area (Å²) in [6.45, 7) is -1.98. The average Bonchev–Trinajstić information content (AvgIpc) is 2.82. The first-order chi connectivity index (χ1) is 14.0. The summed E-state index contributed by atoms with van der Waals surface area (Å²) >= 11 is 4.46. The number of hydrogen-bond acceptors (Lipinski definition) is 11. The predicted molar refractivity (Wildman–Crippen MR) is 103 cm³/mol. The van der Waals surface area contributed by atoms with E-state index in [4.69, 9.17) is 25.5 Å². The molecule has 0 bridgehead atoms. The number of nitrogens with one attached hydrogen (secondary N) is 1. The smallest absolute Gasteiger partial charge is 0.386 e. The minimum Gasteiger partial charge on any atom is -0.386 e. The lowest BCUT2D eigenvalue weighted by Gasteiger charge is -2.36. The second-order valence-electron chi connectivity index (χ2n) is 5.99. The number of ether oxygens (including phenoxy) is 1. The molecule has 0 aromatic heterocycles. The Kier molecular flexibility index (Phi) is 7.72. The summed E-state index contributed by atoms with van der Waals surface area (Å²) in [6, 6.07) is 0. The molecule has 2 heterocycles. The van der Waals surface area contributed by atoms with Gasteiger partial charge in [0.15, 0.2) is 11.8 Å². The number of aliphatic hydroxyl groups excluding tert-OH is 1. The molecule has 1 saturated heterocycles. The summed E-state index contributed by atoms with van der Waals surface area (Å²) in [7, 11) is -11.0. The van der Waals surface area contributed by atoms with Crippen molar-refractivity contribution >= 4 is 40.1 Å². The molecule has 0 radical (unpaired) electrons. The van der Waals surface area contributed by atoms with Crippen LogP contribution in [0.1, 0.15) is 0 Å². The molecule has 2 rings (SSSR count). The van der Waals surface area contributed by atoms with Gasteiger partial charge in [0.05, 0.1) is 6.61 Å². The highest BCUT2D eigenvalue weighted by Gasteiger charge is 2.57. The van der Waals surface area contributed by atoms with E-state index in [2.05, 4.69) is 32.3 Å². The van der Waals surface area contributed by atoms with E-state index in [1.165, 1.54) is 6.20 Å². The lowest BCUT2D eigenvalue weighted by molar-refractivity contribution is -0.120. The molecule has 6 atom stereocenters. The van der Waals surface area contributed by atoms with Crippen molar-refractivity contribution in [3.8, 4) is 12.3 Å². The number of terminal acetylenes is 1. The van der Waals surface area contributed by atoms with Crippen LogP contribution in [-0.2, 0) is 43.6 Å². The van der Waals surface area contributed by atoms with E-state index in [-0.39, 0.29) is 5.82 Å². The van der Waals surface area contributed by atoms with Crippen LogP contribution >= 0.6 is 22.4 Å². The highest BCUT2D eigenvalue weighted by molar-refractivity contribution is 8.08. The van der Waals surface area contributed by atoms with Gasteiger partial charge in [-0.1, -0.05) is 12.5 Å². The fourth-order valence-electron chi connectivity index (χ4n) is 2.51. The van der Waals surface area contributed by atoms with Crippen molar-refractivity contribution in [2.75, 3.05) is 6.61 Å². The summed E-state index contributed by atoms with van der Waals surface area (Å²) in [5.41, 5.74) is -2.38. The van der Waals surface area contributed by atoms with Crippen LogP contribution in [0.2, 0.25) is 0 Å². The van der Waals surface area contributed by atoms with Gasteiger partial charge in [-0.15, -0.1) is 6.42 Å². The van der Waals surface area contributed by atoms with Crippen LogP contribution in [0.5, 0.6) is 0 Å². The van der Waals surface area contributed by atoms with Gasteiger partial charge < -0.3 is 49.3 Å². The minimum atomic E-state index is -5.54. The molecule has 19 heteroatoms. The Balaban J connectivity index is 2.13. The van der Waals surface area contributed by atoms with Gasteiger partial charge in [-0.2, -0.15) is 4.31 Å². The average molecular weight is 522 g/mol. The Bertz CT molecular complexity index is 975. The van der Waals surface area contributed by atoms with E-state index in [9.17, 15) is 33.9 Å². The molecule has 1 fully saturated rings. The maximum Gasteiger partial charge on any atom is 0.488 e. The lowest BCUT2D eigenvalue weighted by Crippen LogP contribution is -2.54. The predicted octanol–water partition coefficient (Wildman–Crippen LogP) is -1.69. The van der Waals surface area contributed by atoms with Crippen molar-refractivity contribution in [3.05, 3.63) is 24.7 Å². The number of phosphoric acid groups is 2. The standard InChI is InChI=1S/C12H17N2O13P3S/c1-3-12(17)10(16)8(25-11(12)14-5-4-9(15)13-7(14)2)6-24-30(23,31)27-29(21,22)26-28(18,19)20/h1,4-5,8,10-11,16-17H,2,6H2,(H,13,15)(H,21,22)(H,23,31)(H2,18,19,20)/t8-,10+,11-,12+,30?/m1/s1. The molecular weight excluding hydrogens is 505 g/mol. The number of aliphatic hydroxyl groups is 2. The molecule has 0 aromatic carbocycles. The van der Waals surface area contributed by atoms with Crippen molar-refractivity contribution in [3.63, 3.8) is 0 Å². The molecule has 174 valence electrons. The third kappa shape index (κ3) is 6.52. The van der Waals surface area contributed by atoms with Crippen LogP contribution in [0, 0.1) is 12.3 Å². The highest BCUT2D eigenvalue weighted by atomic mass is 32.5. The van der Waals surface area contributed by atoms with Gasteiger partial charge in [0, 0.05) is 12.3 Å². The molecule has 1 amide bonds. The van der Waals surface area contributed by atoms with E-state index in [1.807, 2.05) is 5.92 Å². The van der Waals surface area contributed by atoms with Crippen LogP contribution in [-0.4, -0.2) is 71.2 Å². The first kappa shape index (κ1) is 26.3. The second kappa shape index (κ2) is 9.11. The molecule has 2 aliphatic rings. The monoisotopic (exact) mass is 522 g/mol. The fourth-order valence-corrected chi connectivity index (χ4v) is 6.49. The molecule has 2 aliphatic heterocycles. The summed E-state index contributed by atoms with van der Waals surface area (Å²) < 4.78 is 39.9. The number of carbonyl (C=O) groups excluding carboxylic acids is 1. The summed E-state index contributed by atoms with van der Waals surface area (Å²) in [5.74, 6) is 1.38. The quantitative estimate of drug-likeness (QED) is 0.140. The number of carbonyl (C=O) groups is 1. The van der Waals surface area contributed by atoms with Gasteiger partial charge in [-0.25, -0.2) is 13.4 Å². The van der Waals surface area contributed by atoms with Crippen molar-refractivity contribution in [1.82, 2.24) is 10.2 Å². The van der Waals surface area contributed by atoms with Crippen molar-refractivity contribution in [1.29, 1.82) is 0 Å². The van der Waals surface area contributed by atoms with E-state index in [0.717, 1.165) is 11.0 Å². The molecule has 0 aromatic rings. The van der Waals surface area contributed by atoms with E-state index in [0.29, 0.717) is 0 Å². The minimum absolute atomic E-state index is 0.0497. The zero-order valence-corrected chi connectivity index (χ0v) is 18.6. The Hall–Kier alpha value is -0.980. The van der Waals surface area contributed by atoms with Crippen LogP contribution in [0.25, 0.3) is 0 Å². The number of nitrogens with zero attached hydrogens (tertiary/aromatic N) is 1. The van der Waals surface area contributed by atoms with Gasteiger partial charge >= 0.3 is 22.4 Å². The Morgan fingerprint density at radius 2 is 1.97 bits per heavy atom. The molecule has 15 nitrogen and oxygen atoms in total. The highest BCUT2D eigenvalue weighted by Crippen LogP contribution is 2.66. The maximum absolute atomic E-state index is 11.5. The number of hydrogen-bond donors (Lipinski definition) is 7. The van der Waals surface area contributed by atoms with Gasteiger partial charge in [0.2, 0.25) is 0 Å².